The van der Waals surface area contributed by atoms with Crippen LogP contribution in [0.2, 0.25) is 0 Å². The Morgan fingerprint density at radius 1 is 0.900 bits per heavy atom. The molecule has 0 atom stereocenters. The second-order valence-corrected chi connectivity index (χ2v) is 6.49. The molecule has 2 aromatic carbocycles. The molecule has 4 rings (SSSR count). The van der Waals surface area contributed by atoms with Crippen molar-refractivity contribution in [1.82, 2.24) is 14.8 Å². The van der Waals surface area contributed by atoms with Crippen LogP contribution in [0.5, 0.6) is 0 Å². The average Bonchev–Trinajstić information content (AvgIpc) is 3.25. The van der Waals surface area contributed by atoms with Crippen molar-refractivity contribution in [2.75, 3.05) is 0 Å². The van der Waals surface area contributed by atoms with E-state index in [2.05, 4.69) is 78.5 Å². The highest BCUT2D eigenvalue weighted by Crippen LogP contribution is 2.44. The van der Waals surface area contributed by atoms with Gasteiger partial charge in [0.25, 0.3) is 0 Å². The zero-order valence-corrected chi connectivity index (χ0v) is 13.7. The van der Waals surface area contributed by atoms with Gasteiger partial charge in [-0.3, -0.25) is 4.57 Å². The van der Waals surface area contributed by atoms with E-state index in [1.54, 1.807) is 0 Å². The highest BCUT2D eigenvalue weighted by atomic mass is 79.9. The first kappa shape index (κ1) is 12.5. The largest absolute Gasteiger partial charge is 0.264 e. The lowest BCUT2D eigenvalue weighted by molar-refractivity contribution is 0.997. The van der Waals surface area contributed by atoms with Gasteiger partial charge in [0.2, 0.25) is 9.47 Å². The van der Waals surface area contributed by atoms with Gasteiger partial charge < -0.3 is 0 Å². The molecule has 1 fully saturated rings. The van der Waals surface area contributed by atoms with Crippen LogP contribution in [0.25, 0.3) is 16.5 Å². The highest BCUT2D eigenvalue weighted by Gasteiger charge is 2.26. The number of rotatable bonds is 2. The van der Waals surface area contributed by atoms with Crippen molar-refractivity contribution in [3.8, 4) is 5.69 Å². The van der Waals surface area contributed by atoms with E-state index >= 15 is 0 Å². The maximum Gasteiger partial charge on any atom is 0.205 e. The molecule has 20 heavy (non-hydrogen) atoms. The highest BCUT2D eigenvalue weighted by molar-refractivity contribution is 9.11. The molecule has 0 N–H and O–H groups in total. The SMILES string of the molecule is Brc1nnc(Br)n1-c1ccc(C2CC2)c2ccccc12. The normalized spacial score (nSPS) is 14.9. The lowest BCUT2D eigenvalue weighted by Crippen LogP contribution is -1.98. The summed E-state index contributed by atoms with van der Waals surface area (Å²) in [6.07, 6.45) is 2.62. The summed E-state index contributed by atoms with van der Waals surface area (Å²) in [5.41, 5.74) is 2.55. The molecular formula is C15H11Br2N3. The second kappa shape index (κ2) is 4.67. The van der Waals surface area contributed by atoms with E-state index in [0.29, 0.717) is 9.47 Å². The van der Waals surface area contributed by atoms with Gasteiger partial charge in [-0.25, -0.2) is 0 Å². The predicted molar refractivity (Wildman–Crippen MR) is 86.2 cm³/mol. The molecule has 3 aromatic rings. The molecule has 0 radical (unpaired) electrons. The van der Waals surface area contributed by atoms with E-state index in [1.807, 2.05) is 4.57 Å². The van der Waals surface area contributed by atoms with Gasteiger partial charge in [0.15, 0.2) is 0 Å². The molecule has 3 nitrogen and oxygen atoms in total. The Bertz CT molecular complexity index is 786. The maximum absolute atomic E-state index is 4.05. The zero-order chi connectivity index (χ0) is 13.7. The molecule has 0 aliphatic heterocycles. The van der Waals surface area contributed by atoms with Crippen molar-refractivity contribution in [3.05, 3.63) is 51.4 Å². The van der Waals surface area contributed by atoms with E-state index in [0.717, 1.165) is 11.6 Å². The molecular weight excluding hydrogens is 382 g/mol. The molecule has 0 spiro atoms. The fraction of sp³-hybridized carbons (Fsp3) is 0.200. The molecule has 1 heterocycles. The Balaban J connectivity index is 2.04. The molecule has 0 amide bonds. The van der Waals surface area contributed by atoms with Crippen molar-refractivity contribution in [3.63, 3.8) is 0 Å². The summed E-state index contributed by atoms with van der Waals surface area (Å²) < 4.78 is 3.38. The minimum absolute atomic E-state index is 0.702. The van der Waals surface area contributed by atoms with Gasteiger partial charge in [-0.05, 0) is 67.6 Å². The van der Waals surface area contributed by atoms with Crippen LogP contribution in [0.1, 0.15) is 24.3 Å². The molecule has 100 valence electrons. The van der Waals surface area contributed by atoms with Gasteiger partial charge in [0.1, 0.15) is 0 Å². The number of benzene rings is 2. The lowest BCUT2D eigenvalue weighted by Gasteiger charge is -2.12. The van der Waals surface area contributed by atoms with Gasteiger partial charge in [-0.2, -0.15) is 0 Å². The Kier molecular flexibility index (Phi) is 2.93. The van der Waals surface area contributed by atoms with Crippen molar-refractivity contribution in [1.29, 1.82) is 0 Å². The van der Waals surface area contributed by atoms with Crippen LogP contribution in [0.15, 0.2) is 45.9 Å². The van der Waals surface area contributed by atoms with Crippen LogP contribution >= 0.6 is 31.9 Å². The van der Waals surface area contributed by atoms with Crippen molar-refractivity contribution in [2.24, 2.45) is 0 Å². The van der Waals surface area contributed by atoms with E-state index < -0.39 is 0 Å². The minimum Gasteiger partial charge on any atom is -0.264 e. The van der Waals surface area contributed by atoms with E-state index in [4.69, 9.17) is 0 Å². The monoisotopic (exact) mass is 391 g/mol. The Morgan fingerprint density at radius 3 is 2.20 bits per heavy atom. The summed E-state index contributed by atoms with van der Waals surface area (Å²) in [5.74, 6) is 0.738. The quantitative estimate of drug-likeness (QED) is 0.625. The number of nitrogens with zero attached hydrogens (tertiary/aromatic N) is 3. The predicted octanol–water partition coefficient (Wildman–Crippen LogP) is 4.82. The standard InChI is InChI=1S/C15H11Br2N3/c16-14-18-19-15(17)20(14)13-8-7-10(9-5-6-9)11-3-1-2-4-12(11)13/h1-4,7-9H,5-6H2. The van der Waals surface area contributed by atoms with Crippen LogP contribution < -0.4 is 0 Å². The lowest BCUT2D eigenvalue weighted by atomic mass is 9.99. The fourth-order valence-electron chi connectivity index (χ4n) is 2.70. The van der Waals surface area contributed by atoms with E-state index in [-0.39, 0.29) is 0 Å². The number of aromatic nitrogens is 3. The van der Waals surface area contributed by atoms with Crippen molar-refractivity contribution >= 4 is 42.6 Å². The van der Waals surface area contributed by atoms with Crippen LogP contribution in [0.4, 0.5) is 0 Å². The molecule has 1 saturated carbocycles. The third kappa shape index (κ3) is 1.91. The summed E-state index contributed by atoms with van der Waals surface area (Å²) in [4.78, 5) is 0. The molecule has 0 saturated heterocycles. The summed E-state index contributed by atoms with van der Waals surface area (Å²) in [5, 5.41) is 10.7. The average molecular weight is 393 g/mol. The summed E-state index contributed by atoms with van der Waals surface area (Å²) in [6, 6.07) is 13.0. The van der Waals surface area contributed by atoms with E-state index in [1.165, 1.54) is 29.2 Å². The Morgan fingerprint density at radius 2 is 1.55 bits per heavy atom. The van der Waals surface area contributed by atoms with Crippen molar-refractivity contribution < 1.29 is 0 Å². The molecule has 5 heteroatoms. The van der Waals surface area contributed by atoms with Gasteiger partial charge >= 0.3 is 0 Å². The van der Waals surface area contributed by atoms with Gasteiger partial charge in [0, 0.05) is 5.39 Å². The smallest absolute Gasteiger partial charge is 0.205 e. The van der Waals surface area contributed by atoms with Gasteiger partial charge in [-0.1, -0.05) is 30.3 Å². The molecule has 0 unspecified atom stereocenters. The first-order valence-electron chi connectivity index (χ1n) is 6.54. The summed E-state index contributed by atoms with van der Waals surface area (Å²) in [6.45, 7) is 0. The topological polar surface area (TPSA) is 30.7 Å². The Hall–Kier alpha value is -1.20. The molecule has 1 aromatic heterocycles. The number of halogens is 2. The summed E-state index contributed by atoms with van der Waals surface area (Å²) >= 11 is 6.92. The minimum atomic E-state index is 0.702. The van der Waals surface area contributed by atoms with Crippen LogP contribution in [-0.2, 0) is 0 Å². The molecule has 0 bridgehead atoms. The summed E-state index contributed by atoms with van der Waals surface area (Å²) in [7, 11) is 0. The van der Waals surface area contributed by atoms with Crippen LogP contribution in [-0.4, -0.2) is 14.8 Å². The Labute approximate surface area is 133 Å². The number of hydrogen-bond donors (Lipinski definition) is 0. The van der Waals surface area contributed by atoms with Gasteiger partial charge in [-0.15, -0.1) is 10.2 Å². The van der Waals surface area contributed by atoms with E-state index in [9.17, 15) is 0 Å². The zero-order valence-electron chi connectivity index (χ0n) is 10.6. The fourth-order valence-corrected chi connectivity index (χ4v) is 3.81. The maximum atomic E-state index is 4.05. The molecule has 1 aliphatic carbocycles. The van der Waals surface area contributed by atoms with Gasteiger partial charge in [0.05, 0.1) is 5.69 Å². The second-order valence-electron chi connectivity index (χ2n) is 5.07. The first-order chi connectivity index (χ1) is 9.75. The number of hydrogen-bond acceptors (Lipinski definition) is 2. The third-order valence-electron chi connectivity index (χ3n) is 3.78. The third-order valence-corrected chi connectivity index (χ3v) is 4.80. The first-order valence-corrected chi connectivity index (χ1v) is 8.13. The molecule has 1 aliphatic rings. The van der Waals surface area contributed by atoms with Crippen LogP contribution in [0.3, 0.4) is 0 Å². The number of fused-ring (bicyclic) bond motifs is 1. The van der Waals surface area contributed by atoms with Crippen LogP contribution in [0, 0.1) is 0 Å². The van der Waals surface area contributed by atoms with Crippen molar-refractivity contribution in [2.45, 2.75) is 18.8 Å².